The lowest BCUT2D eigenvalue weighted by molar-refractivity contribution is 0.0992. The summed E-state index contributed by atoms with van der Waals surface area (Å²) in [6, 6.07) is 6.98. The molecule has 7 heteroatoms. The van der Waals surface area contributed by atoms with E-state index in [2.05, 4.69) is 0 Å². The Morgan fingerprint density at radius 2 is 1.91 bits per heavy atom. The fourth-order valence-corrected chi connectivity index (χ4v) is 4.11. The molecule has 0 saturated heterocycles. The number of primary amides is 1. The Kier molecular flexibility index (Phi) is 4.51. The highest BCUT2D eigenvalue weighted by molar-refractivity contribution is 7.92. The number of anilines is 1. The van der Waals surface area contributed by atoms with Crippen LogP contribution in [0.3, 0.4) is 0 Å². The van der Waals surface area contributed by atoms with Gasteiger partial charge in [0.25, 0.3) is 15.9 Å². The van der Waals surface area contributed by atoms with Crippen molar-refractivity contribution < 1.29 is 13.2 Å². The molecule has 0 fully saturated rings. The van der Waals surface area contributed by atoms with Crippen LogP contribution in [0.5, 0.6) is 0 Å². The van der Waals surface area contributed by atoms with Gasteiger partial charge in [-0.25, -0.2) is 8.42 Å². The predicted octanol–water partition coefficient (Wildman–Crippen LogP) is 1.96. The summed E-state index contributed by atoms with van der Waals surface area (Å²) < 4.78 is 28.7. The van der Waals surface area contributed by atoms with E-state index in [-0.39, 0.29) is 17.1 Å². The van der Waals surface area contributed by atoms with Crippen molar-refractivity contribution in [1.29, 1.82) is 0 Å². The van der Waals surface area contributed by atoms with Gasteiger partial charge in [-0.2, -0.15) is 0 Å². The van der Waals surface area contributed by atoms with Crippen LogP contribution in [0.2, 0.25) is 0 Å². The first-order valence-corrected chi connectivity index (χ1v) is 8.68. The van der Waals surface area contributed by atoms with E-state index in [0.717, 1.165) is 11.1 Å². The normalized spacial score (nSPS) is 11.5. The number of nitrogens with two attached hydrogens (primary N) is 1. The molecular formula is C16H21N3O3S. The minimum atomic E-state index is -3.77. The van der Waals surface area contributed by atoms with Gasteiger partial charge < -0.3 is 10.3 Å². The van der Waals surface area contributed by atoms with E-state index in [1.807, 2.05) is 32.0 Å². The molecule has 2 rings (SSSR count). The lowest BCUT2D eigenvalue weighted by Gasteiger charge is -2.24. The summed E-state index contributed by atoms with van der Waals surface area (Å²) >= 11 is 0. The van der Waals surface area contributed by atoms with Gasteiger partial charge in [0.1, 0.15) is 10.6 Å². The number of hydrogen-bond acceptors (Lipinski definition) is 3. The number of benzene rings is 1. The molecule has 0 atom stereocenters. The lowest BCUT2D eigenvalue weighted by Crippen LogP contribution is -2.31. The number of nitrogens with zero attached hydrogens (tertiary/aromatic N) is 2. The van der Waals surface area contributed by atoms with E-state index in [9.17, 15) is 13.2 Å². The van der Waals surface area contributed by atoms with Crippen molar-refractivity contribution in [3.8, 4) is 0 Å². The standard InChI is InChI=1S/C16H21N3O3S/c1-5-19(14-8-11(2)6-7-12(14)3)23(21,22)13-9-15(16(17)20)18(4)10-13/h6-10H,5H2,1-4H3,(H2,17,20). The first kappa shape index (κ1) is 17.1. The summed E-state index contributed by atoms with van der Waals surface area (Å²) in [7, 11) is -2.18. The molecule has 1 aromatic heterocycles. The van der Waals surface area contributed by atoms with Gasteiger partial charge in [-0.05, 0) is 44.0 Å². The molecule has 1 amide bonds. The molecule has 0 spiro atoms. The Bertz CT molecular complexity index is 853. The molecule has 1 aromatic carbocycles. The number of sulfonamides is 1. The minimum absolute atomic E-state index is 0.0524. The molecule has 0 radical (unpaired) electrons. The molecule has 23 heavy (non-hydrogen) atoms. The maximum absolute atomic E-state index is 13.0. The summed E-state index contributed by atoms with van der Waals surface area (Å²) in [6.07, 6.45) is 1.41. The molecule has 2 aromatic rings. The SMILES string of the molecule is CCN(c1cc(C)ccc1C)S(=O)(=O)c1cc(C(N)=O)n(C)c1. The van der Waals surface area contributed by atoms with Gasteiger partial charge in [0.05, 0.1) is 5.69 Å². The van der Waals surface area contributed by atoms with Gasteiger partial charge in [0.15, 0.2) is 0 Å². The molecule has 0 aliphatic carbocycles. The monoisotopic (exact) mass is 335 g/mol. The topological polar surface area (TPSA) is 85.4 Å². The van der Waals surface area contributed by atoms with Crippen molar-refractivity contribution in [1.82, 2.24) is 4.57 Å². The number of amides is 1. The van der Waals surface area contributed by atoms with Gasteiger partial charge in [-0.1, -0.05) is 12.1 Å². The summed E-state index contributed by atoms with van der Waals surface area (Å²) in [5.41, 5.74) is 7.90. The Balaban J connectivity index is 2.58. The maximum atomic E-state index is 13.0. The van der Waals surface area contributed by atoms with Crippen LogP contribution in [-0.2, 0) is 17.1 Å². The van der Waals surface area contributed by atoms with E-state index >= 15 is 0 Å². The van der Waals surface area contributed by atoms with Gasteiger partial charge in [-0.15, -0.1) is 0 Å². The molecule has 2 N–H and O–H groups in total. The largest absolute Gasteiger partial charge is 0.364 e. The second-order valence-electron chi connectivity index (χ2n) is 5.50. The number of aromatic nitrogens is 1. The average Bonchev–Trinajstić information content (AvgIpc) is 2.86. The van der Waals surface area contributed by atoms with Crippen molar-refractivity contribution >= 4 is 21.6 Å². The highest BCUT2D eigenvalue weighted by Crippen LogP contribution is 2.28. The lowest BCUT2D eigenvalue weighted by atomic mass is 10.1. The molecule has 6 nitrogen and oxygen atoms in total. The quantitative estimate of drug-likeness (QED) is 0.906. The number of hydrogen-bond donors (Lipinski definition) is 1. The number of carbonyl (C=O) groups is 1. The van der Waals surface area contributed by atoms with Gasteiger partial charge in [0.2, 0.25) is 0 Å². The number of rotatable bonds is 5. The molecule has 0 bridgehead atoms. The van der Waals surface area contributed by atoms with Gasteiger partial charge in [0, 0.05) is 19.8 Å². The molecular weight excluding hydrogens is 314 g/mol. The zero-order valence-corrected chi connectivity index (χ0v) is 14.5. The third-order valence-electron chi connectivity index (χ3n) is 3.74. The van der Waals surface area contributed by atoms with Crippen LogP contribution in [0.1, 0.15) is 28.5 Å². The van der Waals surface area contributed by atoms with Crippen molar-refractivity contribution in [2.45, 2.75) is 25.7 Å². The van der Waals surface area contributed by atoms with Crippen molar-refractivity contribution in [2.24, 2.45) is 12.8 Å². The predicted molar refractivity (Wildman–Crippen MR) is 90.1 cm³/mol. The van der Waals surface area contributed by atoms with Crippen molar-refractivity contribution in [3.63, 3.8) is 0 Å². The van der Waals surface area contributed by atoms with Crippen LogP contribution in [0.4, 0.5) is 5.69 Å². The first-order chi connectivity index (χ1) is 10.7. The highest BCUT2D eigenvalue weighted by Gasteiger charge is 2.27. The summed E-state index contributed by atoms with van der Waals surface area (Å²) in [6.45, 7) is 5.84. The number of carbonyl (C=O) groups excluding carboxylic acids is 1. The average molecular weight is 335 g/mol. The van der Waals surface area contributed by atoms with E-state index in [1.54, 1.807) is 14.0 Å². The second kappa shape index (κ2) is 6.08. The molecule has 124 valence electrons. The van der Waals surface area contributed by atoms with Gasteiger partial charge >= 0.3 is 0 Å². The summed E-state index contributed by atoms with van der Waals surface area (Å²) in [4.78, 5) is 11.4. The molecule has 0 aliphatic rings. The summed E-state index contributed by atoms with van der Waals surface area (Å²) in [5, 5.41) is 0. The van der Waals surface area contributed by atoms with Gasteiger partial charge in [-0.3, -0.25) is 9.10 Å². The van der Waals surface area contributed by atoms with Crippen LogP contribution >= 0.6 is 0 Å². The van der Waals surface area contributed by atoms with Crippen LogP contribution in [0.15, 0.2) is 35.4 Å². The molecule has 0 aliphatic heterocycles. The molecule has 0 saturated carbocycles. The fourth-order valence-electron chi connectivity index (χ4n) is 2.51. The van der Waals surface area contributed by atoms with E-state index in [1.165, 1.54) is 21.1 Å². The van der Waals surface area contributed by atoms with Crippen molar-refractivity contribution in [3.05, 3.63) is 47.3 Å². The second-order valence-corrected chi connectivity index (χ2v) is 7.36. The Morgan fingerprint density at radius 1 is 1.26 bits per heavy atom. The highest BCUT2D eigenvalue weighted by atomic mass is 32.2. The van der Waals surface area contributed by atoms with E-state index in [4.69, 9.17) is 5.73 Å². The smallest absolute Gasteiger partial charge is 0.265 e. The van der Waals surface area contributed by atoms with Crippen LogP contribution in [0.25, 0.3) is 0 Å². The Morgan fingerprint density at radius 3 is 2.43 bits per heavy atom. The third kappa shape index (κ3) is 3.10. The number of aryl methyl sites for hydroxylation is 3. The Labute approximate surface area is 136 Å². The Hall–Kier alpha value is -2.28. The maximum Gasteiger partial charge on any atom is 0.265 e. The third-order valence-corrected chi connectivity index (χ3v) is 5.59. The minimum Gasteiger partial charge on any atom is -0.364 e. The van der Waals surface area contributed by atoms with E-state index < -0.39 is 15.9 Å². The first-order valence-electron chi connectivity index (χ1n) is 7.24. The van der Waals surface area contributed by atoms with Crippen LogP contribution < -0.4 is 10.0 Å². The van der Waals surface area contributed by atoms with Crippen LogP contribution in [-0.4, -0.2) is 25.4 Å². The fraction of sp³-hybridized carbons (Fsp3) is 0.312. The molecule has 1 heterocycles. The zero-order valence-electron chi connectivity index (χ0n) is 13.7. The summed E-state index contributed by atoms with van der Waals surface area (Å²) in [5.74, 6) is -0.663. The van der Waals surface area contributed by atoms with Crippen molar-refractivity contribution in [2.75, 3.05) is 10.8 Å². The molecule has 0 unspecified atom stereocenters. The van der Waals surface area contributed by atoms with E-state index in [0.29, 0.717) is 5.69 Å². The zero-order chi connectivity index (χ0) is 17.4. The van der Waals surface area contributed by atoms with Crippen LogP contribution in [0, 0.1) is 13.8 Å².